The van der Waals surface area contributed by atoms with E-state index in [0.29, 0.717) is 25.7 Å². The maximum Gasteiger partial charge on any atom is 0.186 e. The monoisotopic (exact) mass is 793 g/mol. The maximum absolute atomic E-state index is 12.7. The van der Waals surface area contributed by atoms with Crippen molar-refractivity contribution < 1.29 is 60.9 Å². The van der Waals surface area contributed by atoms with Crippen LogP contribution in [0.1, 0.15) is 55.4 Å². The highest BCUT2D eigenvalue weighted by Gasteiger charge is 2.45. The van der Waals surface area contributed by atoms with E-state index in [1.165, 1.54) is 0 Å². The Morgan fingerprint density at radius 2 is 0.820 bits per heavy atom. The summed E-state index contributed by atoms with van der Waals surface area (Å²) in [5, 5.41) is 0. The zero-order chi connectivity index (χ0) is 37.6. The lowest BCUT2D eigenvalue weighted by Gasteiger charge is -2.34. The van der Waals surface area contributed by atoms with Gasteiger partial charge in [-0.25, -0.2) is 0 Å². The lowest BCUT2D eigenvalue weighted by molar-refractivity contribution is -0.216. The van der Waals surface area contributed by atoms with Gasteiger partial charge in [0.2, 0.25) is 0 Å². The van der Waals surface area contributed by atoms with Crippen LogP contribution in [0.4, 0.5) is 0 Å². The molecule has 0 spiro atoms. The molecule has 4 saturated heterocycles. The second kappa shape index (κ2) is 20.1. The fourth-order valence-electron chi connectivity index (χ4n) is 7.06. The van der Waals surface area contributed by atoms with E-state index in [9.17, 15) is 4.89 Å². The smallest absolute Gasteiger partial charge is 0.186 e. The zero-order valence-electron chi connectivity index (χ0n) is 32.1. The van der Waals surface area contributed by atoms with Crippen molar-refractivity contribution in [2.75, 3.05) is 61.5 Å². The standard InChI is InChI=1S/C17H33O6PS.C16H31O7PS/c1-10-12(3)22-15(16(10)19-6)9-20-24(7,25)23-17-11(2)13(4)21-14(17)8-18-5;1-9-11(3)22-14(15(9)19-6)8-20-24(17,25)23-16-10(2)12(4)21-13(16)7-18-5/h10-17H,8-9H2,1-7H3;9-16H,7-8H2,1-6H3,(H,17,25)/p-1. The van der Waals surface area contributed by atoms with Gasteiger partial charge in [0.05, 0.1) is 75.3 Å². The summed E-state index contributed by atoms with van der Waals surface area (Å²) < 4.78 is 68.4. The third kappa shape index (κ3) is 11.9. The van der Waals surface area contributed by atoms with Crippen molar-refractivity contribution in [1.29, 1.82) is 0 Å². The second-order valence-electron chi connectivity index (χ2n) is 14.2. The van der Waals surface area contributed by atoms with Crippen LogP contribution in [0.2, 0.25) is 0 Å². The average molecular weight is 794 g/mol. The van der Waals surface area contributed by atoms with Crippen LogP contribution in [0.3, 0.4) is 0 Å². The molecule has 4 aliphatic rings. The molecule has 4 fully saturated rings. The first kappa shape index (κ1) is 45.2. The average Bonchev–Trinajstić information content (AvgIpc) is 3.68. The fourth-order valence-corrected chi connectivity index (χ4v) is 10.3. The van der Waals surface area contributed by atoms with Crippen LogP contribution in [-0.2, 0) is 79.6 Å². The second-order valence-corrected chi connectivity index (χ2v) is 20.9. The quantitative estimate of drug-likeness (QED) is 0.205. The van der Waals surface area contributed by atoms with Crippen LogP contribution >= 0.6 is 13.2 Å². The lowest BCUT2D eigenvalue weighted by Crippen LogP contribution is -2.35. The summed E-state index contributed by atoms with van der Waals surface area (Å²) in [5.41, 5.74) is 0. The molecular formula is C33H63O13P2S2-. The highest BCUT2D eigenvalue weighted by atomic mass is 32.5. The van der Waals surface area contributed by atoms with Gasteiger partial charge < -0.3 is 60.9 Å². The molecule has 0 saturated carbocycles. The summed E-state index contributed by atoms with van der Waals surface area (Å²) >= 11 is 10.7. The summed E-state index contributed by atoms with van der Waals surface area (Å²) in [6.45, 7) is 13.4. The summed E-state index contributed by atoms with van der Waals surface area (Å²) in [5.74, 6) is 0.818. The van der Waals surface area contributed by atoms with Gasteiger partial charge in [0.1, 0.15) is 31.1 Å². The van der Waals surface area contributed by atoms with Gasteiger partial charge in [0.25, 0.3) is 0 Å². The van der Waals surface area contributed by atoms with Gasteiger partial charge in [0, 0.05) is 58.8 Å². The normalized spacial score (nSPS) is 44.1. The topological polar surface area (TPSA) is 134 Å². The number of ether oxygens (including phenoxy) is 8. The summed E-state index contributed by atoms with van der Waals surface area (Å²) in [4.78, 5) is 12.7. The third-order valence-corrected chi connectivity index (χ3v) is 14.1. The lowest BCUT2D eigenvalue weighted by atomic mass is 9.99. The minimum absolute atomic E-state index is 0.0139. The highest BCUT2D eigenvalue weighted by molar-refractivity contribution is 8.09. The minimum atomic E-state index is -3.68. The molecule has 50 heavy (non-hydrogen) atoms. The van der Waals surface area contributed by atoms with Crippen molar-refractivity contribution in [2.45, 2.75) is 129 Å². The number of rotatable bonds is 16. The summed E-state index contributed by atoms with van der Waals surface area (Å²) in [6, 6.07) is 0. The van der Waals surface area contributed by atoms with E-state index in [1.807, 2.05) is 27.4 Å². The van der Waals surface area contributed by atoms with Crippen LogP contribution in [0, 0.1) is 23.7 Å². The van der Waals surface area contributed by atoms with Crippen LogP contribution < -0.4 is 4.89 Å². The minimum Gasteiger partial charge on any atom is -0.780 e. The van der Waals surface area contributed by atoms with E-state index in [4.69, 9.17) is 79.6 Å². The predicted octanol–water partition coefficient (Wildman–Crippen LogP) is 4.32. The van der Waals surface area contributed by atoms with Crippen LogP contribution in [-0.4, -0.2) is 135 Å². The summed E-state index contributed by atoms with van der Waals surface area (Å²) in [7, 11) is 6.59. The Bertz CT molecular complexity index is 1040. The van der Waals surface area contributed by atoms with Crippen molar-refractivity contribution in [3.63, 3.8) is 0 Å². The first-order valence-electron chi connectivity index (χ1n) is 17.6. The van der Waals surface area contributed by atoms with Gasteiger partial charge in [-0.1, -0.05) is 39.5 Å². The Hall–Kier alpha value is 0.780. The van der Waals surface area contributed by atoms with Crippen molar-refractivity contribution in [2.24, 2.45) is 23.7 Å². The van der Waals surface area contributed by atoms with Gasteiger partial charge in [-0.05, 0) is 39.5 Å². The van der Waals surface area contributed by atoms with Crippen molar-refractivity contribution in [3.8, 4) is 0 Å². The molecule has 17 heteroatoms. The van der Waals surface area contributed by atoms with Gasteiger partial charge >= 0.3 is 0 Å². The predicted molar refractivity (Wildman–Crippen MR) is 195 cm³/mol. The zero-order valence-corrected chi connectivity index (χ0v) is 35.5. The van der Waals surface area contributed by atoms with E-state index >= 15 is 0 Å². The van der Waals surface area contributed by atoms with E-state index in [0.717, 1.165) is 0 Å². The van der Waals surface area contributed by atoms with Gasteiger partial charge in [0.15, 0.2) is 6.49 Å². The van der Waals surface area contributed by atoms with Gasteiger partial charge in [-0.15, -0.1) is 0 Å². The molecule has 4 heterocycles. The van der Waals surface area contributed by atoms with Gasteiger partial charge in [-0.2, -0.15) is 0 Å². The Morgan fingerprint density at radius 1 is 0.500 bits per heavy atom. The highest BCUT2D eigenvalue weighted by Crippen LogP contribution is 2.50. The number of hydrogen-bond donors (Lipinski definition) is 0. The molecule has 0 aromatic carbocycles. The van der Waals surface area contributed by atoms with Crippen molar-refractivity contribution in [3.05, 3.63) is 0 Å². The van der Waals surface area contributed by atoms with Crippen molar-refractivity contribution in [1.82, 2.24) is 0 Å². The molecule has 296 valence electrons. The molecule has 4 aliphatic heterocycles. The molecule has 0 bridgehead atoms. The molecule has 0 aromatic rings. The Morgan fingerprint density at radius 3 is 1.18 bits per heavy atom. The SMILES string of the molecule is COCC1OC(C)C(C)C1OP(C)(=S)OCC1OC(C)C(C)C1OC.COCC1OC(C)C(C)C1OP([O-])(=S)OCC1OC(C)C(C)C1OC. The first-order chi connectivity index (χ1) is 23.4. The molecule has 0 aromatic heterocycles. The Kier molecular flexibility index (Phi) is 18.2. The Balaban J connectivity index is 0.000000270. The third-order valence-electron chi connectivity index (χ3n) is 10.7. The maximum atomic E-state index is 12.7. The van der Waals surface area contributed by atoms with Crippen LogP contribution in [0.15, 0.2) is 0 Å². The van der Waals surface area contributed by atoms with Crippen LogP contribution in [0.5, 0.6) is 0 Å². The molecule has 4 rings (SSSR count). The van der Waals surface area contributed by atoms with E-state index in [1.54, 1.807) is 28.4 Å². The molecule has 0 radical (unpaired) electrons. The number of methoxy groups -OCH3 is 4. The fraction of sp³-hybridized carbons (Fsp3) is 1.00. The van der Waals surface area contributed by atoms with E-state index in [-0.39, 0.29) is 91.5 Å². The molecule has 18 atom stereocenters. The van der Waals surface area contributed by atoms with Crippen LogP contribution in [0.25, 0.3) is 0 Å². The first-order valence-corrected chi connectivity index (χ1v) is 23.2. The molecule has 0 N–H and O–H groups in total. The van der Waals surface area contributed by atoms with Crippen molar-refractivity contribution >= 4 is 36.8 Å². The Labute approximate surface area is 310 Å². The van der Waals surface area contributed by atoms with Gasteiger partial charge in [-0.3, -0.25) is 0 Å². The molecule has 0 amide bonds. The summed E-state index contributed by atoms with van der Waals surface area (Å²) in [6.07, 6.45) is -1.27. The van der Waals surface area contributed by atoms with E-state index in [2.05, 4.69) is 34.6 Å². The molecular weight excluding hydrogens is 730 g/mol. The molecule has 18 unspecified atom stereocenters. The molecule has 13 nitrogen and oxygen atoms in total. The molecule has 0 aliphatic carbocycles. The largest absolute Gasteiger partial charge is 0.780 e. The van der Waals surface area contributed by atoms with E-state index < -0.39 is 19.3 Å². The number of hydrogen-bond acceptors (Lipinski definition) is 15.